The summed E-state index contributed by atoms with van der Waals surface area (Å²) >= 11 is 0. The normalized spacial score (nSPS) is 27.4. The van der Waals surface area contributed by atoms with Gasteiger partial charge in [0.05, 0.1) is 6.61 Å². The Morgan fingerprint density at radius 2 is 2.08 bits per heavy atom. The molecule has 0 aromatic rings. The molecule has 2 N–H and O–H groups in total. The van der Waals surface area contributed by atoms with Gasteiger partial charge in [0, 0.05) is 7.05 Å². The van der Waals surface area contributed by atoms with Gasteiger partial charge in [0.15, 0.2) is 0 Å². The molecule has 1 aliphatic heterocycles. The monoisotopic (exact) mass is 186 g/mol. The standard InChI is InChI=1S/C8H14N2O3/c1-8(2)7(13)9-5(4-11)6(12)10(8)3/h5,11H,4H2,1-3H3,(H,9,13)/t5-/m0/s1. The minimum atomic E-state index is -0.831. The van der Waals surface area contributed by atoms with Gasteiger partial charge in [-0.15, -0.1) is 0 Å². The van der Waals surface area contributed by atoms with Crippen molar-refractivity contribution in [3.05, 3.63) is 0 Å². The zero-order chi connectivity index (χ0) is 10.2. The Balaban J connectivity index is 2.92. The molecule has 1 heterocycles. The van der Waals surface area contributed by atoms with Crippen LogP contribution in [0, 0.1) is 0 Å². The third-order valence-corrected chi connectivity index (χ3v) is 2.51. The Kier molecular flexibility index (Phi) is 2.30. The van der Waals surface area contributed by atoms with Crippen molar-refractivity contribution >= 4 is 11.8 Å². The number of likely N-dealkylation sites (N-methyl/N-ethyl adjacent to an activating group) is 1. The molecule has 0 radical (unpaired) electrons. The molecule has 1 saturated heterocycles. The molecule has 1 rings (SSSR count). The Morgan fingerprint density at radius 3 is 2.54 bits per heavy atom. The van der Waals surface area contributed by atoms with Crippen LogP contribution in [0.25, 0.3) is 0 Å². The molecule has 5 heteroatoms. The molecule has 0 aromatic carbocycles. The minimum absolute atomic E-state index is 0.242. The molecule has 74 valence electrons. The number of hydrogen-bond acceptors (Lipinski definition) is 3. The second-order valence-electron chi connectivity index (χ2n) is 3.66. The maximum atomic E-state index is 11.5. The lowest BCUT2D eigenvalue weighted by Gasteiger charge is -2.41. The molecule has 0 unspecified atom stereocenters. The summed E-state index contributed by atoms with van der Waals surface area (Å²) in [4.78, 5) is 24.2. The van der Waals surface area contributed by atoms with Crippen LogP contribution in [0.4, 0.5) is 0 Å². The predicted octanol–water partition coefficient (Wildman–Crippen LogP) is -1.29. The van der Waals surface area contributed by atoms with Crippen molar-refractivity contribution < 1.29 is 14.7 Å². The van der Waals surface area contributed by atoms with Crippen molar-refractivity contribution in [1.29, 1.82) is 0 Å². The molecule has 1 atom stereocenters. The number of amides is 2. The van der Waals surface area contributed by atoms with Gasteiger partial charge in [-0.1, -0.05) is 0 Å². The average molecular weight is 186 g/mol. The van der Waals surface area contributed by atoms with Crippen LogP contribution in [0.3, 0.4) is 0 Å². The molecule has 1 fully saturated rings. The van der Waals surface area contributed by atoms with Crippen LogP contribution in [0.15, 0.2) is 0 Å². The number of rotatable bonds is 1. The summed E-state index contributed by atoms with van der Waals surface area (Å²) in [5.41, 5.74) is -0.831. The van der Waals surface area contributed by atoms with Gasteiger partial charge in [-0.25, -0.2) is 0 Å². The van der Waals surface area contributed by atoms with E-state index < -0.39 is 11.6 Å². The molecule has 2 amide bonds. The van der Waals surface area contributed by atoms with Crippen molar-refractivity contribution in [1.82, 2.24) is 10.2 Å². The van der Waals surface area contributed by atoms with E-state index in [0.717, 1.165) is 0 Å². The fraction of sp³-hybridized carbons (Fsp3) is 0.750. The van der Waals surface area contributed by atoms with Crippen molar-refractivity contribution in [2.75, 3.05) is 13.7 Å². The molecule has 0 spiro atoms. The van der Waals surface area contributed by atoms with E-state index in [1.165, 1.54) is 4.90 Å². The third-order valence-electron chi connectivity index (χ3n) is 2.51. The lowest BCUT2D eigenvalue weighted by Crippen LogP contribution is -2.67. The smallest absolute Gasteiger partial charge is 0.248 e. The van der Waals surface area contributed by atoms with Crippen LogP contribution in [-0.2, 0) is 9.59 Å². The van der Waals surface area contributed by atoms with Crippen LogP contribution < -0.4 is 5.32 Å². The summed E-state index contributed by atoms with van der Waals surface area (Å²) < 4.78 is 0. The zero-order valence-corrected chi connectivity index (χ0v) is 8.00. The maximum Gasteiger partial charge on any atom is 0.248 e. The van der Waals surface area contributed by atoms with Gasteiger partial charge in [0.2, 0.25) is 11.8 Å². The van der Waals surface area contributed by atoms with Crippen LogP contribution in [-0.4, -0.2) is 47.1 Å². The summed E-state index contributed by atoms with van der Waals surface area (Å²) in [6.45, 7) is 2.96. The molecular weight excluding hydrogens is 172 g/mol. The van der Waals surface area contributed by atoms with Gasteiger partial charge in [-0.2, -0.15) is 0 Å². The molecule has 0 aromatic heterocycles. The molecule has 0 saturated carbocycles. The summed E-state index contributed by atoms with van der Waals surface area (Å²) in [7, 11) is 1.56. The summed E-state index contributed by atoms with van der Waals surface area (Å²) in [5.74, 6) is -0.499. The Labute approximate surface area is 76.7 Å². The lowest BCUT2D eigenvalue weighted by molar-refractivity contribution is -0.154. The largest absolute Gasteiger partial charge is 0.394 e. The summed E-state index contributed by atoms with van der Waals surface area (Å²) in [6.07, 6.45) is 0. The van der Waals surface area contributed by atoms with Crippen molar-refractivity contribution in [2.45, 2.75) is 25.4 Å². The van der Waals surface area contributed by atoms with Crippen molar-refractivity contribution in [3.8, 4) is 0 Å². The number of carbonyl (C=O) groups excluding carboxylic acids is 2. The van der Waals surface area contributed by atoms with Crippen LogP contribution in [0.1, 0.15) is 13.8 Å². The van der Waals surface area contributed by atoms with Crippen molar-refractivity contribution in [3.63, 3.8) is 0 Å². The van der Waals surface area contributed by atoms with E-state index in [2.05, 4.69) is 5.32 Å². The number of piperazine rings is 1. The molecule has 5 nitrogen and oxygen atoms in total. The lowest BCUT2D eigenvalue weighted by atomic mass is 9.97. The van der Waals surface area contributed by atoms with Crippen LogP contribution in [0.2, 0.25) is 0 Å². The van der Waals surface area contributed by atoms with E-state index in [9.17, 15) is 9.59 Å². The predicted molar refractivity (Wildman–Crippen MR) is 45.9 cm³/mol. The zero-order valence-electron chi connectivity index (χ0n) is 8.00. The van der Waals surface area contributed by atoms with Gasteiger partial charge >= 0.3 is 0 Å². The Hall–Kier alpha value is -1.10. The maximum absolute atomic E-state index is 11.5. The number of hydrogen-bond donors (Lipinski definition) is 2. The van der Waals surface area contributed by atoms with Crippen LogP contribution in [0.5, 0.6) is 0 Å². The van der Waals surface area contributed by atoms with E-state index in [1.54, 1.807) is 20.9 Å². The minimum Gasteiger partial charge on any atom is -0.394 e. The second kappa shape index (κ2) is 2.99. The van der Waals surface area contributed by atoms with Gasteiger partial charge < -0.3 is 15.3 Å². The Morgan fingerprint density at radius 1 is 1.54 bits per heavy atom. The van der Waals surface area contributed by atoms with E-state index in [0.29, 0.717) is 0 Å². The van der Waals surface area contributed by atoms with Crippen molar-refractivity contribution in [2.24, 2.45) is 0 Å². The number of nitrogens with one attached hydrogen (secondary N) is 1. The third kappa shape index (κ3) is 1.39. The van der Waals surface area contributed by atoms with E-state index in [1.807, 2.05) is 0 Å². The van der Waals surface area contributed by atoms with Gasteiger partial charge in [0.25, 0.3) is 0 Å². The first kappa shape index (κ1) is 9.98. The van der Waals surface area contributed by atoms with Crippen LogP contribution >= 0.6 is 0 Å². The molecule has 0 bridgehead atoms. The fourth-order valence-corrected chi connectivity index (χ4v) is 1.18. The number of aliphatic hydroxyl groups excluding tert-OH is 1. The number of aliphatic hydroxyl groups is 1. The van der Waals surface area contributed by atoms with E-state index in [-0.39, 0.29) is 18.4 Å². The highest BCUT2D eigenvalue weighted by atomic mass is 16.3. The van der Waals surface area contributed by atoms with Gasteiger partial charge in [-0.3, -0.25) is 9.59 Å². The SMILES string of the molecule is CN1C(=O)[C@H](CO)NC(=O)C1(C)C. The first-order valence-corrected chi connectivity index (χ1v) is 4.10. The Bertz CT molecular complexity index is 250. The molecule has 0 aliphatic carbocycles. The van der Waals surface area contributed by atoms with Gasteiger partial charge in [0.1, 0.15) is 11.6 Å². The second-order valence-corrected chi connectivity index (χ2v) is 3.66. The summed E-state index contributed by atoms with van der Waals surface area (Å²) in [5, 5.41) is 11.3. The summed E-state index contributed by atoms with van der Waals surface area (Å²) in [6, 6.07) is -0.787. The highest BCUT2D eigenvalue weighted by Crippen LogP contribution is 2.18. The first-order valence-electron chi connectivity index (χ1n) is 4.10. The highest BCUT2D eigenvalue weighted by Gasteiger charge is 2.43. The number of carbonyl (C=O) groups is 2. The van der Waals surface area contributed by atoms with Gasteiger partial charge in [-0.05, 0) is 13.8 Å². The fourth-order valence-electron chi connectivity index (χ4n) is 1.18. The van der Waals surface area contributed by atoms with E-state index >= 15 is 0 Å². The molecular formula is C8H14N2O3. The molecule has 1 aliphatic rings. The quantitative estimate of drug-likeness (QED) is 0.535. The average Bonchev–Trinajstić information content (AvgIpc) is 2.09. The van der Waals surface area contributed by atoms with E-state index in [4.69, 9.17) is 5.11 Å². The first-order chi connectivity index (χ1) is 5.91. The molecule has 13 heavy (non-hydrogen) atoms. The number of nitrogens with zero attached hydrogens (tertiary/aromatic N) is 1. The highest BCUT2D eigenvalue weighted by molar-refractivity contribution is 5.99. The topological polar surface area (TPSA) is 69.6 Å².